The molecular weight excluding hydrogens is 277 g/mol. The highest BCUT2D eigenvalue weighted by atomic mass is 35.5. The van der Waals surface area contributed by atoms with Crippen molar-refractivity contribution in [2.75, 3.05) is 7.11 Å². The lowest BCUT2D eigenvalue weighted by molar-refractivity contribution is 0.401. The Hall–Kier alpha value is -1.59. The van der Waals surface area contributed by atoms with Gasteiger partial charge in [-0.05, 0) is 11.6 Å². The average molecular weight is 286 g/mol. The Morgan fingerprint density at radius 3 is 2.89 bits per heavy atom. The zero-order valence-electron chi connectivity index (χ0n) is 9.43. The number of hydrogen-bond donors (Lipinski definition) is 0. The van der Waals surface area contributed by atoms with Crippen molar-refractivity contribution in [2.24, 2.45) is 0 Å². The number of methoxy groups -OCH3 is 1. The quantitative estimate of drug-likeness (QED) is 0.810. The minimum atomic E-state index is -0.356. The number of rotatable bonds is 3. The molecule has 0 bridgehead atoms. The molecule has 0 spiro atoms. The average Bonchev–Trinajstić information content (AvgIpc) is 2.36. The topological polar surface area (TPSA) is 57.0 Å². The smallest absolute Gasteiger partial charge is 0.297 e. The number of halogens is 2. The summed E-state index contributed by atoms with van der Waals surface area (Å²) in [4.78, 5) is 19.7. The van der Waals surface area contributed by atoms with Crippen LogP contribution in [0.15, 0.2) is 29.6 Å². The molecule has 0 aliphatic rings. The van der Waals surface area contributed by atoms with Crippen LogP contribution in [-0.4, -0.2) is 21.6 Å². The monoisotopic (exact) mass is 285 g/mol. The maximum absolute atomic E-state index is 12.0. The molecule has 0 aromatic carbocycles. The first-order valence-corrected chi connectivity index (χ1v) is 5.76. The third-order valence-corrected chi connectivity index (χ3v) is 2.96. The zero-order valence-corrected chi connectivity index (χ0v) is 10.9. The molecule has 0 aliphatic carbocycles. The minimum absolute atomic E-state index is 0.0179. The van der Waals surface area contributed by atoms with Crippen LogP contribution in [0, 0.1) is 0 Å². The van der Waals surface area contributed by atoms with Crippen LogP contribution in [-0.2, 0) is 6.54 Å². The highest BCUT2D eigenvalue weighted by molar-refractivity contribution is 6.31. The zero-order chi connectivity index (χ0) is 13.1. The molecule has 0 N–H and O–H groups in total. The van der Waals surface area contributed by atoms with Crippen LogP contribution < -0.4 is 10.3 Å². The van der Waals surface area contributed by atoms with Gasteiger partial charge >= 0.3 is 0 Å². The molecule has 0 atom stereocenters. The molecule has 0 fully saturated rings. The summed E-state index contributed by atoms with van der Waals surface area (Å²) in [5.74, 6) is 0.0179. The van der Waals surface area contributed by atoms with Gasteiger partial charge in [-0.2, -0.15) is 0 Å². The predicted octanol–water partition coefficient (Wildman–Crippen LogP) is 2.00. The molecule has 0 aliphatic heterocycles. The molecule has 5 nitrogen and oxygen atoms in total. The lowest BCUT2D eigenvalue weighted by Gasteiger charge is -2.09. The van der Waals surface area contributed by atoms with Crippen molar-refractivity contribution in [3.05, 3.63) is 50.9 Å². The Morgan fingerprint density at radius 1 is 1.44 bits per heavy atom. The maximum Gasteiger partial charge on any atom is 0.297 e. The summed E-state index contributed by atoms with van der Waals surface area (Å²) in [6, 6.07) is 1.73. The van der Waals surface area contributed by atoms with Crippen molar-refractivity contribution in [3.63, 3.8) is 0 Å². The number of aromatic nitrogens is 3. The molecule has 0 radical (unpaired) electrons. The summed E-state index contributed by atoms with van der Waals surface area (Å²) in [6.07, 6.45) is 4.47. The molecule has 0 saturated heterocycles. The molecule has 2 rings (SSSR count). The third-order valence-electron chi connectivity index (χ3n) is 2.35. The van der Waals surface area contributed by atoms with Crippen LogP contribution in [0.4, 0.5) is 0 Å². The molecule has 2 aromatic heterocycles. The summed E-state index contributed by atoms with van der Waals surface area (Å²) in [7, 11) is 1.37. The van der Waals surface area contributed by atoms with Crippen molar-refractivity contribution in [1.29, 1.82) is 0 Å². The first-order chi connectivity index (χ1) is 8.63. The van der Waals surface area contributed by atoms with Gasteiger partial charge in [-0.3, -0.25) is 14.3 Å². The molecule has 7 heteroatoms. The van der Waals surface area contributed by atoms with Gasteiger partial charge in [0.1, 0.15) is 0 Å². The summed E-state index contributed by atoms with van der Waals surface area (Å²) in [5, 5.41) is 0.526. The van der Waals surface area contributed by atoms with Gasteiger partial charge in [-0.15, -0.1) is 0 Å². The Labute approximate surface area is 113 Å². The molecular formula is C11H9Cl2N3O2. The lowest BCUT2D eigenvalue weighted by Crippen LogP contribution is -2.22. The van der Waals surface area contributed by atoms with E-state index in [1.54, 1.807) is 12.3 Å². The van der Waals surface area contributed by atoms with Gasteiger partial charge in [-0.1, -0.05) is 23.2 Å². The fourth-order valence-electron chi connectivity index (χ4n) is 1.45. The first kappa shape index (κ1) is 12.9. The fraction of sp³-hybridized carbons (Fsp3) is 0.182. The van der Waals surface area contributed by atoms with Crippen molar-refractivity contribution in [1.82, 2.24) is 14.5 Å². The van der Waals surface area contributed by atoms with Crippen LogP contribution in [0.1, 0.15) is 5.56 Å². The van der Waals surface area contributed by atoms with Gasteiger partial charge in [0.15, 0.2) is 5.15 Å². The lowest BCUT2D eigenvalue weighted by atomic mass is 10.2. The first-order valence-electron chi connectivity index (χ1n) is 5.00. The van der Waals surface area contributed by atoms with Crippen LogP contribution in [0.5, 0.6) is 5.75 Å². The van der Waals surface area contributed by atoms with E-state index >= 15 is 0 Å². The maximum atomic E-state index is 12.0. The Morgan fingerprint density at radius 2 is 2.22 bits per heavy atom. The molecule has 0 saturated carbocycles. The van der Waals surface area contributed by atoms with Crippen LogP contribution >= 0.6 is 23.2 Å². The van der Waals surface area contributed by atoms with E-state index in [1.807, 2.05) is 0 Å². The molecule has 2 heterocycles. The number of pyridine rings is 1. The SMILES string of the molecule is COc1c(Cl)ncn(Cc2ccncc2Cl)c1=O. The van der Waals surface area contributed by atoms with E-state index in [9.17, 15) is 4.79 Å². The largest absolute Gasteiger partial charge is 0.489 e. The van der Waals surface area contributed by atoms with Gasteiger partial charge in [0.25, 0.3) is 5.56 Å². The van der Waals surface area contributed by atoms with Crippen LogP contribution in [0.3, 0.4) is 0 Å². The van der Waals surface area contributed by atoms with E-state index in [2.05, 4.69) is 9.97 Å². The van der Waals surface area contributed by atoms with Crippen LogP contribution in [0.25, 0.3) is 0 Å². The van der Waals surface area contributed by atoms with E-state index in [-0.39, 0.29) is 23.0 Å². The fourth-order valence-corrected chi connectivity index (χ4v) is 1.83. The van der Waals surface area contributed by atoms with Gasteiger partial charge in [0, 0.05) is 12.4 Å². The highest BCUT2D eigenvalue weighted by Gasteiger charge is 2.11. The van der Waals surface area contributed by atoms with Crippen molar-refractivity contribution < 1.29 is 4.74 Å². The number of nitrogens with zero attached hydrogens (tertiary/aromatic N) is 3. The summed E-state index contributed by atoms with van der Waals surface area (Å²) >= 11 is 11.7. The van der Waals surface area contributed by atoms with Gasteiger partial charge in [0.05, 0.1) is 25.0 Å². The molecule has 94 valence electrons. The van der Waals surface area contributed by atoms with Crippen molar-refractivity contribution in [3.8, 4) is 5.75 Å². The second-order valence-corrected chi connectivity index (χ2v) is 4.23. The second kappa shape index (κ2) is 5.37. The van der Waals surface area contributed by atoms with Gasteiger partial charge in [-0.25, -0.2) is 4.98 Å². The standard InChI is InChI=1S/C11H9Cl2N3O2/c1-18-9-10(13)15-6-16(11(9)17)5-7-2-3-14-4-8(7)12/h2-4,6H,5H2,1H3. The van der Waals surface area contributed by atoms with Gasteiger partial charge < -0.3 is 4.74 Å². The van der Waals surface area contributed by atoms with Crippen molar-refractivity contribution in [2.45, 2.75) is 6.54 Å². The molecule has 2 aromatic rings. The molecule has 18 heavy (non-hydrogen) atoms. The summed E-state index contributed by atoms with van der Waals surface area (Å²) in [6.45, 7) is 0.278. The Kier molecular flexibility index (Phi) is 3.84. The normalized spacial score (nSPS) is 10.4. The van der Waals surface area contributed by atoms with E-state index in [0.29, 0.717) is 5.02 Å². The summed E-state index contributed by atoms with van der Waals surface area (Å²) < 4.78 is 6.28. The van der Waals surface area contributed by atoms with Crippen molar-refractivity contribution >= 4 is 23.2 Å². The number of ether oxygens (including phenoxy) is 1. The minimum Gasteiger partial charge on any atom is -0.489 e. The van der Waals surface area contributed by atoms with Crippen LogP contribution in [0.2, 0.25) is 10.2 Å². The number of hydrogen-bond acceptors (Lipinski definition) is 4. The van der Waals surface area contributed by atoms with E-state index in [4.69, 9.17) is 27.9 Å². The summed E-state index contributed by atoms with van der Waals surface area (Å²) in [5.41, 5.74) is 0.408. The highest BCUT2D eigenvalue weighted by Crippen LogP contribution is 2.17. The predicted molar refractivity (Wildman–Crippen MR) is 68.4 cm³/mol. The van der Waals surface area contributed by atoms with E-state index in [0.717, 1.165) is 5.56 Å². The molecule has 0 amide bonds. The van der Waals surface area contributed by atoms with Gasteiger partial charge in [0.2, 0.25) is 5.75 Å². The Bertz CT molecular complexity index is 628. The van der Waals surface area contributed by atoms with E-state index in [1.165, 1.54) is 24.2 Å². The Balaban J connectivity index is 2.42. The molecule has 0 unspecified atom stereocenters. The third kappa shape index (κ3) is 2.47. The second-order valence-electron chi connectivity index (χ2n) is 3.47. The van der Waals surface area contributed by atoms with E-state index < -0.39 is 0 Å².